The van der Waals surface area contributed by atoms with E-state index in [0.29, 0.717) is 12.2 Å². The van der Waals surface area contributed by atoms with Crippen LogP contribution in [0, 0.1) is 5.92 Å². The molecule has 2 aromatic carbocycles. The van der Waals surface area contributed by atoms with Gasteiger partial charge in [-0.15, -0.1) is 10.2 Å². The molecule has 3 rings (SSSR count). The van der Waals surface area contributed by atoms with Gasteiger partial charge in [0.1, 0.15) is 5.75 Å². The van der Waals surface area contributed by atoms with Crippen molar-refractivity contribution in [3.8, 4) is 5.75 Å². The number of amides is 1. The zero-order valence-corrected chi connectivity index (χ0v) is 18.4. The Labute approximate surface area is 182 Å². The highest BCUT2D eigenvalue weighted by Crippen LogP contribution is 2.25. The summed E-state index contributed by atoms with van der Waals surface area (Å²) < 4.78 is 7.83. The molecular weight excluding hydrogens is 396 g/mol. The Hall–Kier alpha value is -2.80. The van der Waals surface area contributed by atoms with Gasteiger partial charge in [0.25, 0.3) is 5.91 Å². The number of aromatic nitrogens is 3. The van der Waals surface area contributed by atoms with Crippen LogP contribution in [0.2, 0.25) is 0 Å². The van der Waals surface area contributed by atoms with Gasteiger partial charge in [0.15, 0.2) is 11.0 Å². The number of carbonyl (C=O) groups is 1. The summed E-state index contributed by atoms with van der Waals surface area (Å²) in [6, 6.07) is 18.8. The molecule has 0 aliphatic carbocycles. The summed E-state index contributed by atoms with van der Waals surface area (Å²) in [5, 5.41) is 12.8. The zero-order valence-electron chi connectivity index (χ0n) is 17.6. The highest BCUT2D eigenvalue weighted by atomic mass is 32.2. The Balaban J connectivity index is 1.66. The van der Waals surface area contributed by atoms with Crippen molar-refractivity contribution >= 4 is 17.7 Å². The van der Waals surface area contributed by atoms with E-state index in [4.69, 9.17) is 4.74 Å². The molecule has 0 bridgehead atoms. The number of rotatable bonds is 10. The lowest BCUT2D eigenvalue weighted by Gasteiger charge is -2.22. The Morgan fingerprint density at radius 2 is 1.73 bits per heavy atom. The van der Waals surface area contributed by atoms with Crippen LogP contribution >= 0.6 is 11.8 Å². The van der Waals surface area contributed by atoms with Crippen LogP contribution in [-0.4, -0.2) is 33.0 Å². The fourth-order valence-electron chi connectivity index (χ4n) is 3.09. The van der Waals surface area contributed by atoms with E-state index in [2.05, 4.69) is 40.9 Å². The molecule has 0 saturated heterocycles. The topological polar surface area (TPSA) is 69.0 Å². The predicted octanol–water partition coefficient (Wildman–Crippen LogP) is 4.60. The highest BCUT2D eigenvalue weighted by Gasteiger charge is 2.25. The smallest absolute Gasteiger partial charge is 0.251 e. The molecule has 1 aromatic heterocycles. The first-order valence-corrected chi connectivity index (χ1v) is 11.2. The number of thioether (sulfide) groups is 1. The van der Waals surface area contributed by atoms with E-state index in [1.165, 1.54) is 0 Å². The Kier molecular flexibility index (Phi) is 7.90. The molecule has 1 N–H and O–H groups in total. The largest absolute Gasteiger partial charge is 0.493 e. The highest BCUT2D eigenvalue weighted by molar-refractivity contribution is 7.99. The fourth-order valence-corrected chi connectivity index (χ4v) is 3.91. The van der Waals surface area contributed by atoms with Gasteiger partial charge in [0.2, 0.25) is 0 Å². The molecule has 3 aromatic rings. The van der Waals surface area contributed by atoms with Crippen LogP contribution in [0.25, 0.3) is 0 Å². The second-order valence-corrected chi connectivity index (χ2v) is 8.22. The van der Waals surface area contributed by atoms with Crippen molar-refractivity contribution in [1.82, 2.24) is 20.1 Å². The first kappa shape index (κ1) is 21.9. The Morgan fingerprint density at radius 1 is 1.07 bits per heavy atom. The van der Waals surface area contributed by atoms with Crippen molar-refractivity contribution in [2.45, 2.75) is 38.5 Å². The summed E-state index contributed by atoms with van der Waals surface area (Å²) in [6.07, 6.45) is 0. The van der Waals surface area contributed by atoms with E-state index in [1.54, 1.807) is 11.8 Å². The number of ether oxygens (including phenoxy) is 1. The van der Waals surface area contributed by atoms with Crippen molar-refractivity contribution < 1.29 is 9.53 Å². The van der Waals surface area contributed by atoms with Gasteiger partial charge in [0.05, 0.1) is 12.6 Å². The van der Waals surface area contributed by atoms with Gasteiger partial charge in [-0.25, -0.2) is 0 Å². The summed E-state index contributed by atoms with van der Waals surface area (Å²) in [5.41, 5.74) is 0.637. The minimum atomic E-state index is -0.222. The molecule has 0 unspecified atom stereocenters. The maximum Gasteiger partial charge on any atom is 0.251 e. The summed E-state index contributed by atoms with van der Waals surface area (Å²) in [7, 11) is 0. The first-order valence-electron chi connectivity index (χ1n) is 10.2. The molecule has 1 atom stereocenters. The second kappa shape index (κ2) is 10.8. The van der Waals surface area contributed by atoms with Crippen molar-refractivity contribution in [2.75, 3.05) is 12.4 Å². The maximum absolute atomic E-state index is 12.7. The van der Waals surface area contributed by atoms with Gasteiger partial charge in [-0.05, 0) is 37.1 Å². The predicted molar refractivity (Wildman–Crippen MR) is 120 cm³/mol. The number of para-hydroxylation sites is 1. The molecule has 1 heterocycles. The van der Waals surface area contributed by atoms with Crippen LogP contribution in [0.5, 0.6) is 5.75 Å². The van der Waals surface area contributed by atoms with Crippen LogP contribution in [-0.2, 0) is 6.54 Å². The number of hydrogen-bond donors (Lipinski definition) is 1. The number of nitrogens with one attached hydrogen (secondary N) is 1. The summed E-state index contributed by atoms with van der Waals surface area (Å²) in [6.45, 7) is 7.53. The summed E-state index contributed by atoms with van der Waals surface area (Å²) in [4.78, 5) is 12.7. The lowest BCUT2D eigenvalue weighted by molar-refractivity contribution is 0.0922. The molecule has 0 aliphatic rings. The number of hydrogen-bond acceptors (Lipinski definition) is 5. The van der Waals surface area contributed by atoms with E-state index in [0.717, 1.165) is 29.0 Å². The van der Waals surface area contributed by atoms with Crippen molar-refractivity contribution in [1.29, 1.82) is 0 Å². The first-order chi connectivity index (χ1) is 14.6. The van der Waals surface area contributed by atoms with Gasteiger partial charge >= 0.3 is 0 Å². The monoisotopic (exact) mass is 424 g/mol. The van der Waals surface area contributed by atoms with Crippen LogP contribution in [0.4, 0.5) is 0 Å². The minimum absolute atomic E-state index is 0.106. The van der Waals surface area contributed by atoms with Crippen molar-refractivity contribution in [3.63, 3.8) is 0 Å². The quantitative estimate of drug-likeness (QED) is 0.381. The molecule has 0 aliphatic heterocycles. The fraction of sp³-hybridized carbons (Fsp3) is 0.348. The van der Waals surface area contributed by atoms with E-state index in [1.807, 2.05) is 60.7 Å². The molecular formula is C23H28N4O2S. The Morgan fingerprint density at radius 3 is 2.37 bits per heavy atom. The van der Waals surface area contributed by atoms with Crippen LogP contribution in [0.1, 0.15) is 43.0 Å². The van der Waals surface area contributed by atoms with Crippen molar-refractivity contribution in [2.24, 2.45) is 5.92 Å². The summed E-state index contributed by atoms with van der Waals surface area (Å²) in [5.74, 6) is 2.47. The third-order valence-corrected chi connectivity index (χ3v) is 5.59. The molecule has 0 spiro atoms. The molecule has 6 nitrogen and oxygen atoms in total. The van der Waals surface area contributed by atoms with E-state index < -0.39 is 0 Å². The standard InChI is InChI=1S/C23H28N4O2S/c1-4-27-21(20(17(2)3)24-22(28)18-11-7-5-8-12-18)25-26-23(27)30-16-15-29-19-13-9-6-10-14-19/h5-14,17,20H,4,15-16H2,1-3H3,(H,24,28)/t20-/m0/s1. The molecule has 0 saturated carbocycles. The molecule has 158 valence electrons. The van der Waals surface area contributed by atoms with Crippen molar-refractivity contribution in [3.05, 3.63) is 72.1 Å². The minimum Gasteiger partial charge on any atom is -0.493 e. The van der Waals surface area contributed by atoms with Gasteiger partial charge in [-0.1, -0.05) is 62.0 Å². The normalized spacial score (nSPS) is 12.0. The van der Waals surface area contributed by atoms with E-state index in [-0.39, 0.29) is 17.9 Å². The summed E-state index contributed by atoms with van der Waals surface area (Å²) >= 11 is 1.61. The van der Waals surface area contributed by atoms with Crippen LogP contribution in [0.3, 0.4) is 0 Å². The molecule has 0 radical (unpaired) electrons. The average Bonchev–Trinajstić information content (AvgIpc) is 3.18. The third kappa shape index (κ3) is 5.63. The SMILES string of the molecule is CCn1c(SCCOc2ccccc2)nnc1[C@@H](NC(=O)c1ccccc1)C(C)C. The lowest BCUT2D eigenvalue weighted by Crippen LogP contribution is -2.33. The Bertz CT molecular complexity index is 929. The van der Waals surface area contributed by atoms with Gasteiger partial charge in [-0.3, -0.25) is 4.79 Å². The van der Waals surface area contributed by atoms with E-state index in [9.17, 15) is 4.79 Å². The molecule has 30 heavy (non-hydrogen) atoms. The second-order valence-electron chi connectivity index (χ2n) is 7.16. The van der Waals surface area contributed by atoms with Crippen LogP contribution < -0.4 is 10.1 Å². The molecule has 1 amide bonds. The van der Waals surface area contributed by atoms with Gasteiger partial charge in [0, 0.05) is 17.9 Å². The molecule has 7 heteroatoms. The average molecular weight is 425 g/mol. The third-order valence-electron chi connectivity index (χ3n) is 4.66. The van der Waals surface area contributed by atoms with E-state index >= 15 is 0 Å². The number of benzene rings is 2. The van der Waals surface area contributed by atoms with Crippen LogP contribution in [0.15, 0.2) is 65.8 Å². The van der Waals surface area contributed by atoms with Gasteiger partial charge < -0.3 is 14.6 Å². The number of carbonyl (C=O) groups excluding carboxylic acids is 1. The van der Waals surface area contributed by atoms with Gasteiger partial charge in [-0.2, -0.15) is 0 Å². The lowest BCUT2D eigenvalue weighted by atomic mass is 10.0. The zero-order chi connectivity index (χ0) is 21.3. The number of nitrogens with zero attached hydrogens (tertiary/aromatic N) is 3. The molecule has 0 fully saturated rings. The maximum atomic E-state index is 12.7.